The molecule has 4 aromatic rings. The monoisotopic (exact) mass is 424 g/mol. The fraction of sp³-hybridized carbons (Fsp3) is 0.0870. The average molecular weight is 424 g/mol. The average Bonchev–Trinajstić information content (AvgIpc) is 3.19. The van der Waals surface area contributed by atoms with Gasteiger partial charge in [-0.1, -0.05) is 24.3 Å². The van der Waals surface area contributed by atoms with Crippen LogP contribution < -0.4 is 10.2 Å². The maximum atomic E-state index is 9.83. The number of thiophene rings is 1. The van der Waals surface area contributed by atoms with E-state index in [0.29, 0.717) is 34.8 Å². The van der Waals surface area contributed by atoms with E-state index in [1.54, 1.807) is 24.4 Å². The van der Waals surface area contributed by atoms with E-state index in [1.165, 1.54) is 17.7 Å². The van der Waals surface area contributed by atoms with Crippen LogP contribution in [0, 0.1) is 22.7 Å². The van der Waals surface area contributed by atoms with E-state index >= 15 is 0 Å². The fourth-order valence-corrected chi connectivity index (χ4v) is 4.25. The van der Waals surface area contributed by atoms with Crippen LogP contribution in [0.5, 0.6) is 5.75 Å². The van der Waals surface area contributed by atoms with Gasteiger partial charge in [0, 0.05) is 5.56 Å². The zero-order chi connectivity index (χ0) is 21.6. The number of nitrogens with one attached hydrogen (secondary N) is 1. The molecular formula is C23H16N6OS. The van der Waals surface area contributed by atoms with E-state index in [-0.39, 0.29) is 0 Å². The molecule has 0 aliphatic rings. The van der Waals surface area contributed by atoms with E-state index in [2.05, 4.69) is 32.6 Å². The van der Waals surface area contributed by atoms with Crippen molar-refractivity contribution in [3.05, 3.63) is 71.5 Å². The van der Waals surface area contributed by atoms with Crippen LogP contribution in [0.4, 0.5) is 5.82 Å². The molecule has 0 saturated carbocycles. The van der Waals surface area contributed by atoms with Gasteiger partial charge in [-0.3, -0.25) is 5.43 Å². The summed E-state index contributed by atoms with van der Waals surface area (Å²) in [6.45, 7) is 2.45. The largest absolute Gasteiger partial charge is 0.493 e. The van der Waals surface area contributed by atoms with Gasteiger partial charge in [0.05, 0.1) is 39.6 Å². The van der Waals surface area contributed by atoms with Gasteiger partial charge in [0.15, 0.2) is 5.82 Å². The topological polar surface area (TPSA) is 107 Å². The Morgan fingerprint density at radius 1 is 1.13 bits per heavy atom. The van der Waals surface area contributed by atoms with Gasteiger partial charge in [-0.2, -0.15) is 15.6 Å². The van der Waals surface area contributed by atoms with Crippen LogP contribution in [0.3, 0.4) is 0 Å². The van der Waals surface area contributed by atoms with Crippen LogP contribution in [0.1, 0.15) is 23.6 Å². The quantitative estimate of drug-likeness (QED) is 0.347. The number of aromatic nitrogens is 2. The summed E-state index contributed by atoms with van der Waals surface area (Å²) in [4.78, 5) is 9.40. The first-order valence-corrected chi connectivity index (χ1v) is 10.3. The number of anilines is 1. The molecule has 0 spiro atoms. The second-order valence-corrected chi connectivity index (χ2v) is 7.38. The Hall–Kier alpha value is -4.27. The van der Waals surface area contributed by atoms with Crippen molar-refractivity contribution in [2.45, 2.75) is 6.92 Å². The zero-order valence-corrected chi connectivity index (χ0v) is 17.3. The van der Waals surface area contributed by atoms with Crippen molar-refractivity contribution in [1.82, 2.24) is 9.97 Å². The molecular weight excluding hydrogens is 408 g/mol. The summed E-state index contributed by atoms with van der Waals surface area (Å²) >= 11 is 1.41. The van der Waals surface area contributed by atoms with E-state index in [9.17, 15) is 5.26 Å². The molecule has 0 radical (unpaired) electrons. The third-order valence-corrected chi connectivity index (χ3v) is 5.63. The predicted octanol–water partition coefficient (Wildman–Crippen LogP) is 4.95. The number of rotatable bonds is 6. The van der Waals surface area contributed by atoms with Gasteiger partial charge in [-0.15, -0.1) is 11.3 Å². The molecule has 150 valence electrons. The standard InChI is InChI=1S/C23H16N6OS/c1-2-30-19-9-4-3-8-17(19)21-18(12-25)20-22(31-21)23(27-14-26-20)29-28-13-16-7-5-6-15(10-16)11-24/h3-10,13-14H,2H2,1H3,(H,26,27,29)/b28-13+. The van der Waals surface area contributed by atoms with Crippen LogP contribution in [-0.4, -0.2) is 22.8 Å². The number of benzene rings is 2. The molecule has 0 aliphatic carbocycles. The first kappa shape index (κ1) is 20.0. The number of ether oxygens (including phenoxy) is 1. The number of nitriles is 2. The van der Waals surface area contributed by atoms with Crippen LogP contribution in [0.15, 0.2) is 60.0 Å². The molecule has 0 fully saturated rings. The Labute approximate surface area is 182 Å². The molecule has 2 heterocycles. The summed E-state index contributed by atoms with van der Waals surface area (Å²) in [5.41, 5.74) is 6.15. The molecule has 2 aromatic carbocycles. The Kier molecular flexibility index (Phi) is 5.84. The van der Waals surface area contributed by atoms with Crippen LogP contribution in [0.2, 0.25) is 0 Å². The summed E-state index contributed by atoms with van der Waals surface area (Å²) in [7, 11) is 0. The van der Waals surface area contributed by atoms with Crippen molar-refractivity contribution in [2.75, 3.05) is 12.0 Å². The second-order valence-electron chi connectivity index (χ2n) is 6.35. The van der Waals surface area contributed by atoms with Crippen molar-refractivity contribution in [3.63, 3.8) is 0 Å². The minimum atomic E-state index is 0.475. The lowest BCUT2D eigenvalue weighted by molar-refractivity contribution is 0.341. The molecule has 31 heavy (non-hydrogen) atoms. The maximum Gasteiger partial charge on any atom is 0.167 e. The molecule has 0 saturated heterocycles. The van der Waals surface area contributed by atoms with Crippen molar-refractivity contribution >= 4 is 33.6 Å². The summed E-state index contributed by atoms with van der Waals surface area (Å²) in [5, 5.41) is 23.1. The lowest BCUT2D eigenvalue weighted by Gasteiger charge is -2.08. The highest BCUT2D eigenvalue weighted by Gasteiger charge is 2.20. The van der Waals surface area contributed by atoms with Gasteiger partial charge < -0.3 is 4.74 Å². The predicted molar refractivity (Wildman–Crippen MR) is 121 cm³/mol. The zero-order valence-electron chi connectivity index (χ0n) is 16.5. The first-order chi connectivity index (χ1) is 15.2. The normalized spacial score (nSPS) is 10.7. The Bertz CT molecular complexity index is 1360. The summed E-state index contributed by atoms with van der Waals surface area (Å²) < 4.78 is 6.47. The minimum absolute atomic E-state index is 0.475. The lowest BCUT2D eigenvalue weighted by atomic mass is 10.1. The molecule has 0 atom stereocenters. The van der Waals surface area contributed by atoms with Crippen molar-refractivity contribution in [2.24, 2.45) is 5.10 Å². The highest BCUT2D eigenvalue weighted by Crippen LogP contribution is 2.43. The van der Waals surface area contributed by atoms with Crippen LogP contribution in [0.25, 0.3) is 20.7 Å². The number of hydrogen-bond acceptors (Lipinski definition) is 8. The van der Waals surface area contributed by atoms with Crippen molar-refractivity contribution in [3.8, 4) is 28.3 Å². The Morgan fingerprint density at radius 2 is 2.00 bits per heavy atom. The molecule has 1 N–H and O–H groups in total. The van der Waals surface area contributed by atoms with Crippen LogP contribution in [-0.2, 0) is 0 Å². The van der Waals surface area contributed by atoms with Gasteiger partial charge in [0.1, 0.15) is 23.7 Å². The summed E-state index contributed by atoms with van der Waals surface area (Å²) in [6, 6.07) is 19.1. The molecule has 0 amide bonds. The van der Waals surface area contributed by atoms with E-state index in [0.717, 1.165) is 20.7 Å². The van der Waals surface area contributed by atoms with Gasteiger partial charge in [0.2, 0.25) is 0 Å². The third-order valence-electron chi connectivity index (χ3n) is 4.41. The van der Waals surface area contributed by atoms with E-state index < -0.39 is 0 Å². The second kappa shape index (κ2) is 9.04. The number of nitrogens with zero attached hydrogens (tertiary/aromatic N) is 5. The molecule has 8 heteroatoms. The summed E-state index contributed by atoms with van der Waals surface area (Å²) in [5.74, 6) is 1.21. The van der Waals surface area contributed by atoms with Gasteiger partial charge in [-0.05, 0) is 36.8 Å². The molecule has 4 rings (SSSR count). The lowest BCUT2D eigenvalue weighted by Crippen LogP contribution is -1.95. The molecule has 0 unspecified atom stereocenters. The smallest absolute Gasteiger partial charge is 0.167 e. The Morgan fingerprint density at radius 3 is 2.81 bits per heavy atom. The van der Waals surface area contributed by atoms with Crippen molar-refractivity contribution in [1.29, 1.82) is 10.5 Å². The number of hydrogen-bond donors (Lipinski definition) is 1. The van der Waals surface area contributed by atoms with Crippen molar-refractivity contribution < 1.29 is 4.74 Å². The molecule has 0 aliphatic heterocycles. The first-order valence-electron chi connectivity index (χ1n) is 9.44. The van der Waals surface area contributed by atoms with Gasteiger partial charge in [-0.25, -0.2) is 9.97 Å². The fourth-order valence-electron chi connectivity index (χ4n) is 3.07. The highest BCUT2D eigenvalue weighted by molar-refractivity contribution is 7.23. The van der Waals surface area contributed by atoms with Gasteiger partial charge >= 0.3 is 0 Å². The minimum Gasteiger partial charge on any atom is -0.493 e. The Balaban J connectivity index is 1.73. The number of fused-ring (bicyclic) bond motifs is 1. The highest BCUT2D eigenvalue weighted by atomic mass is 32.1. The SMILES string of the molecule is CCOc1ccccc1-c1sc2c(N/N=C/c3cccc(C#N)c3)ncnc2c1C#N. The van der Waals surface area contributed by atoms with Crippen LogP contribution >= 0.6 is 11.3 Å². The van der Waals surface area contributed by atoms with E-state index in [1.807, 2.05) is 37.3 Å². The van der Waals surface area contributed by atoms with E-state index in [4.69, 9.17) is 10.00 Å². The number of hydrazone groups is 1. The number of para-hydroxylation sites is 1. The molecule has 0 bridgehead atoms. The molecule has 7 nitrogen and oxygen atoms in total. The summed E-state index contributed by atoms with van der Waals surface area (Å²) in [6.07, 6.45) is 3.02. The maximum absolute atomic E-state index is 9.83. The van der Waals surface area contributed by atoms with Gasteiger partial charge in [0.25, 0.3) is 0 Å². The molecule has 2 aromatic heterocycles. The third kappa shape index (κ3) is 4.06.